The molecule has 0 bridgehead atoms. The summed E-state index contributed by atoms with van der Waals surface area (Å²) in [5.74, 6) is -3.15. The number of primary amides is 2. The summed E-state index contributed by atoms with van der Waals surface area (Å²) in [6.45, 7) is 12.4. The van der Waals surface area contributed by atoms with Crippen LogP contribution in [0.25, 0.3) is 22.1 Å². The Hall–Kier alpha value is -7.98. The summed E-state index contributed by atoms with van der Waals surface area (Å²) < 4.78 is 35.5. The molecule has 2 saturated heterocycles. The molecule has 4 aromatic heterocycles. The predicted octanol–water partition coefficient (Wildman–Crippen LogP) is 6.33. The first-order valence-electron chi connectivity index (χ1n) is 24.8. The number of aryl methyl sites for hydroxylation is 4. The van der Waals surface area contributed by atoms with E-state index in [0.29, 0.717) is 69.7 Å². The summed E-state index contributed by atoms with van der Waals surface area (Å²) in [6, 6.07) is 14.6. The van der Waals surface area contributed by atoms with E-state index in [2.05, 4.69) is 45.3 Å². The Kier molecular flexibility index (Phi) is 17.2. The van der Waals surface area contributed by atoms with Gasteiger partial charge in [0.25, 0.3) is 11.8 Å². The summed E-state index contributed by atoms with van der Waals surface area (Å²) in [5, 5.41) is 31.9. The van der Waals surface area contributed by atoms with Gasteiger partial charge < -0.3 is 47.6 Å². The van der Waals surface area contributed by atoms with Crippen LogP contribution in [0.15, 0.2) is 60.9 Å². The molecule has 9 N–H and O–H groups in total. The number of aromatic nitrogens is 6. The number of halogens is 3. The average Bonchev–Trinajstić information content (AvgIpc) is 4.02. The maximum absolute atomic E-state index is 13.6. The van der Waals surface area contributed by atoms with Crippen LogP contribution in [0, 0.1) is 0 Å². The van der Waals surface area contributed by atoms with Crippen LogP contribution in [0.3, 0.4) is 0 Å². The van der Waals surface area contributed by atoms with Crippen molar-refractivity contribution in [2.24, 2.45) is 11.5 Å². The van der Waals surface area contributed by atoms with Gasteiger partial charge >= 0.3 is 24.2 Å². The van der Waals surface area contributed by atoms with Gasteiger partial charge in [-0.05, 0) is 94.2 Å². The number of carboxylic acids is 1. The topological polar surface area (TPSA) is 274 Å². The van der Waals surface area contributed by atoms with E-state index in [9.17, 15) is 32.3 Å². The highest BCUT2D eigenvalue weighted by atomic mass is 19.4. The van der Waals surface area contributed by atoms with Gasteiger partial charge in [-0.3, -0.25) is 9.59 Å². The normalized spacial score (nSPS) is 14.4. The van der Waals surface area contributed by atoms with E-state index in [1.807, 2.05) is 84.1 Å². The zero-order valence-corrected chi connectivity index (χ0v) is 41.9. The van der Waals surface area contributed by atoms with Crippen molar-refractivity contribution >= 4 is 63.3 Å². The predicted molar refractivity (Wildman–Crippen MR) is 272 cm³/mol. The standard InChI is InChI=1S/C49H62N14O4.C2HF3O2/c1-5-40-36(42(38-28-54-62(7-3)44(38)58-40)56-34-17-21-60(22-18-34)48(50)66)26-52-46(64)32-13-9-30(10-14-32)25-31-11-15-33(16-12-31)47(65)53-27-37-41(6-2)59-45-39(29-55-63(45)8-4)43(37)57-35-19-23-61(24-20-35)49(51)67;3-2(4,5)1(6)7/h9-16,28-29,34-35H,5-8,17-27H2,1-4H3,(H2,50,66)(H2,51,67)(H,52,64)(H,53,65)(H,56,58)(H,57,59);(H,6,7). The smallest absolute Gasteiger partial charge is 0.475 e. The molecule has 23 heteroatoms. The molecule has 2 fully saturated rings. The third-order valence-electron chi connectivity index (χ3n) is 13.5. The molecule has 0 saturated carbocycles. The first kappa shape index (κ1) is 53.8. The number of piperidine rings is 2. The van der Waals surface area contributed by atoms with Crippen LogP contribution in [0.5, 0.6) is 0 Å². The molecule has 2 aliphatic rings. The number of fused-ring (bicyclic) bond motifs is 2. The van der Waals surface area contributed by atoms with Gasteiger partial charge in [0.2, 0.25) is 0 Å². The number of carbonyl (C=O) groups is 5. The van der Waals surface area contributed by atoms with Crippen molar-refractivity contribution in [3.8, 4) is 0 Å². The van der Waals surface area contributed by atoms with Crippen molar-refractivity contribution in [2.45, 2.75) is 117 Å². The number of nitrogens with one attached hydrogen (secondary N) is 4. The van der Waals surface area contributed by atoms with E-state index in [0.717, 1.165) is 92.8 Å². The third kappa shape index (κ3) is 12.6. The Bertz CT molecular complexity index is 2790. The lowest BCUT2D eigenvalue weighted by Crippen LogP contribution is -2.44. The molecule has 0 aliphatic carbocycles. The van der Waals surface area contributed by atoms with Crippen molar-refractivity contribution in [1.82, 2.24) is 50.0 Å². The van der Waals surface area contributed by atoms with E-state index in [-0.39, 0.29) is 37.0 Å². The number of alkyl halides is 3. The maximum atomic E-state index is 13.6. The second-order valence-corrected chi connectivity index (χ2v) is 18.2. The first-order chi connectivity index (χ1) is 35.4. The van der Waals surface area contributed by atoms with Gasteiger partial charge in [-0.15, -0.1) is 0 Å². The van der Waals surface area contributed by atoms with E-state index in [1.54, 1.807) is 9.80 Å². The Morgan fingerprint density at radius 3 is 1.27 bits per heavy atom. The number of urea groups is 2. The van der Waals surface area contributed by atoms with Crippen molar-refractivity contribution in [1.29, 1.82) is 0 Å². The Labute approximate surface area is 425 Å². The van der Waals surface area contributed by atoms with Crippen LogP contribution in [-0.4, -0.2) is 119 Å². The van der Waals surface area contributed by atoms with Crippen LogP contribution in [-0.2, 0) is 50.2 Å². The van der Waals surface area contributed by atoms with Crippen molar-refractivity contribution in [3.63, 3.8) is 0 Å². The fraction of sp³-hybridized carbons (Fsp3) is 0.431. The summed E-state index contributed by atoms with van der Waals surface area (Å²) >= 11 is 0. The molecule has 2 aliphatic heterocycles. The number of nitrogens with two attached hydrogens (primary N) is 2. The zero-order chi connectivity index (χ0) is 53.3. The van der Waals surface area contributed by atoms with E-state index >= 15 is 0 Å². The molecular weight excluding hydrogens is 962 g/mol. The molecule has 8 rings (SSSR count). The lowest BCUT2D eigenvalue weighted by Gasteiger charge is -2.32. The lowest BCUT2D eigenvalue weighted by molar-refractivity contribution is -0.192. The maximum Gasteiger partial charge on any atom is 0.490 e. The van der Waals surface area contributed by atoms with Gasteiger partial charge in [-0.25, -0.2) is 33.7 Å². The molecule has 0 radical (unpaired) electrons. The van der Waals surface area contributed by atoms with Crippen LogP contribution in [0.2, 0.25) is 0 Å². The Morgan fingerprint density at radius 1 is 0.622 bits per heavy atom. The molecule has 20 nitrogen and oxygen atoms in total. The largest absolute Gasteiger partial charge is 0.490 e. The number of likely N-dealkylation sites (tertiary alicyclic amines) is 2. The van der Waals surface area contributed by atoms with Crippen LogP contribution < -0.4 is 32.7 Å². The number of nitrogens with zero attached hydrogens (tertiary/aromatic N) is 8. The monoisotopic (exact) mass is 1020 g/mol. The fourth-order valence-electron chi connectivity index (χ4n) is 9.33. The summed E-state index contributed by atoms with van der Waals surface area (Å²) in [5.41, 5.74) is 21.3. The van der Waals surface area contributed by atoms with Gasteiger partial charge in [0.1, 0.15) is 0 Å². The van der Waals surface area contributed by atoms with E-state index < -0.39 is 24.2 Å². The van der Waals surface area contributed by atoms with Crippen molar-refractivity contribution in [2.75, 3.05) is 36.8 Å². The molecule has 6 aromatic rings. The number of rotatable bonds is 16. The Balaban J connectivity index is 0.00000107. The minimum Gasteiger partial charge on any atom is -0.475 e. The molecule has 2 aromatic carbocycles. The quantitative estimate of drug-likeness (QED) is 0.0560. The number of hydrogen-bond donors (Lipinski definition) is 7. The Morgan fingerprint density at radius 2 is 0.973 bits per heavy atom. The van der Waals surface area contributed by atoms with Crippen LogP contribution in [0.1, 0.15) is 108 Å². The number of carboxylic acid groups (broad SMARTS) is 1. The van der Waals surface area contributed by atoms with Gasteiger partial charge in [0.15, 0.2) is 11.3 Å². The lowest BCUT2D eigenvalue weighted by atomic mass is 10.0. The average molecular weight is 1030 g/mol. The SMILES string of the molecule is CCc1nc2c(cnn2CC)c(NC2CCN(C(N)=O)CC2)c1CNC(=O)c1ccc(Cc2ccc(C(=O)NCc3c(CC)nc4c(cnn4CC)c3NC3CCN(C(N)=O)CC3)cc2)cc1.O=C(O)C(F)(F)F. The first-order valence-corrected chi connectivity index (χ1v) is 24.8. The van der Waals surface area contributed by atoms with Gasteiger partial charge in [-0.2, -0.15) is 23.4 Å². The van der Waals surface area contributed by atoms with E-state index in [4.69, 9.17) is 31.3 Å². The highest BCUT2D eigenvalue weighted by Crippen LogP contribution is 2.33. The molecule has 0 atom stereocenters. The second kappa shape index (κ2) is 23.7. The van der Waals surface area contributed by atoms with Crippen LogP contribution in [0.4, 0.5) is 34.1 Å². The number of anilines is 2. The zero-order valence-electron chi connectivity index (χ0n) is 41.9. The van der Waals surface area contributed by atoms with Crippen molar-refractivity contribution < 1.29 is 42.3 Å². The summed E-state index contributed by atoms with van der Waals surface area (Å²) in [6.07, 6.45) is 3.55. The van der Waals surface area contributed by atoms with E-state index in [1.165, 1.54) is 0 Å². The van der Waals surface area contributed by atoms with Crippen molar-refractivity contribution in [3.05, 3.63) is 106 Å². The molecule has 6 amide bonds. The van der Waals surface area contributed by atoms with Gasteiger partial charge in [0.05, 0.1) is 34.5 Å². The highest BCUT2D eigenvalue weighted by Gasteiger charge is 2.38. The minimum atomic E-state index is -5.08. The second-order valence-electron chi connectivity index (χ2n) is 18.2. The number of hydrogen-bond acceptors (Lipinski definition) is 11. The summed E-state index contributed by atoms with van der Waals surface area (Å²) in [4.78, 5) is 73.0. The molecule has 0 unspecified atom stereocenters. The highest BCUT2D eigenvalue weighted by molar-refractivity contribution is 5.96. The fourth-order valence-corrected chi connectivity index (χ4v) is 9.33. The number of pyridine rings is 2. The number of benzene rings is 2. The minimum absolute atomic E-state index is 0.117. The molecular formula is C51H63F3N14O6. The number of amides is 6. The number of aliphatic carboxylic acids is 1. The van der Waals surface area contributed by atoms with Crippen LogP contribution >= 0.6 is 0 Å². The number of carbonyl (C=O) groups excluding carboxylic acids is 4. The molecule has 74 heavy (non-hydrogen) atoms. The summed E-state index contributed by atoms with van der Waals surface area (Å²) in [7, 11) is 0. The molecule has 394 valence electrons. The van der Waals surface area contributed by atoms with Gasteiger partial charge in [-0.1, -0.05) is 38.1 Å². The third-order valence-corrected chi connectivity index (χ3v) is 13.5. The molecule has 6 heterocycles. The molecule has 0 spiro atoms. The van der Waals surface area contributed by atoms with Gasteiger partial charge in [0, 0.05) is 98.1 Å².